The number of pyridine rings is 1. The summed E-state index contributed by atoms with van der Waals surface area (Å²) in [6.45, 7) is 3.56. The number of aliphatic hydroxyl groups is 1. The van der Waals surface area contributed by atoms with E-state index in [1.54, 1.807) is 19.4 Å². The second-order valence-corrected chi connectivity index (χ2v) is 9.75. The van der Waals surface area contributed by atoms with Crippen LogP contribution >= 0.6 is 34.8 Å². The molecule has 9 heteroatoms. The van der Waals surface area contributed by atoms with Crippen molar-refractivity contribution in [1.82, 2.24) is 15.0 Å². The van der Waals surface area contributed by atoms with Crippen molar-refractivity contribution >= 4 is 51.5 Å². The molecule has 1 aromatic carbocycles. The van der Waals surface area contributed by atoms with Gasteiger partial charge in [0, 0.05) is 18.5 Å². The Morgan fingerprint density at radius 1 is 1.09 bits per heavy atom. The zero-order valence-electron chi connectivity index (χ0n) is 17.8. The van der Waals surface area contributed by atoms with E-state index in [4.69, 9.17) is 49.5 Å². The van der Waals surface area contributed by atoms with E-state index in [-0.39, 0.29) is 6.10 Å². The van der Waals surface area contributed by atoms with E-state index in [2.05, 4.69) is 16.8 Å². The quantitative estimate of drug-likeness (QED) is 0.467. The normalized spacial score (nSPS) is 21.2. The molecule has 1 unspecified atom stereocenters. The Hall–Kier alpha value is -1.86. The predicted octanol–water partition coefficient (Wildman–Crippen LogP) is 5.75. The molecular formula is C23H23Cl3N4O2. The number of halogens is 3. The lowest BCUT2D eigenvalue weighted by Crippen LogP contribution is -2.36. The molecule has 2 aliphatic rings. The molecule has 1 aliphatic heterocycles. The van der Waals surface area contributed by atoms with E-state index in [9.17, 15) is 5.11 Å². The first kappa shape index (κ1) is 22.0. The molecule has 1 saturated carbocycles. The molecule has 168 valence electrons. The third kappa shape index (κ3) is 3.87. The SMILES string of the molecule is COc1cc(C2C[C@@H]2C)c(Cl)c(-c2nc(N3CCC(O)CC3)c3cc(Cl)ncc3n2)c1Cl. The average Bonchev–Trinajstić information content (AvgIpc) is 3.50. The van der Waals surface area contributed by atoms with E-state index in [1.165, 1.54) is 0 Å². The Balaban J connectivity index is 1.72. The van der Waals surface area contributed by atoms with Crippen LogP contribution < -0.4 is 9.64 Å². The molecule has 0 spiro atoms. The van der Waals surface area contributed by atoms with Crippen LogP contribution in [0.2, 0.25) is 15.2 Å². The summed E-state index contributed by atoms with van der Waals surface area (Å²) in [5.74, 6) is 2.64. The minimum absolute atomic E-state index is 0.297. The number of fused-ring (bicyclic) bond motifs is 1. The Kier molecular flexibility index (Phi) is 5.82. The number of ether oxygens (including phenoxy) is 1. The van der Waals surface area contributed by atoms with Crippen molar-refractivity contribution < 1.29 is 9.84 Å². The van der Waals surface area contributed by atoms with E-state index >= 15 is 0 Å². The number of nitrogens with zero attached hydrogens (tertiary/aromatic N) is 4. The van der Waals surface area contributed by atoms with Crippen LogP contribution in [0.15, 0.2) is 18.3 Å². The fourth-order valence-electron chi connectivity index (χ4n) is 4.42. The molecule has 1 aliphatic carbocycles. The average molecular weight is 494 g/mol. The van der Waals surface area contributed by atoms with Crippen LogP contribution in [0.1, 0.15) is 37.7 Å². The van der Waals surface area contributed by atoms with Crippen LogP contribution in [0.4, 0.5) is 5.82 Å². The lowest BCUT2D eigenvalue weighted by Gasteiger charge is -2.31. The second-order valence-electron chi connectivity index (χ2n) is 8.60. The molecule has 32 heavy (non-hydrogen) atoms. The fourth-order valence-corrected chi connectivity index (χ4v) is 5.31. The fraction of sp³-hybridized carbons (Fsp3) is 0.435. The summed E-state index contributed by atoms with van der Waals surface area (Å²) in [7, 11) is 1.59. The molecule has 1 saturated heterocycles. The van der Waals surface area contributed by atoms with Crippen molar-refractivity contribution in [3.8, 4) is 17.1 Å². The van der Waals surface area contributed by atoms with E-state index in [0.717, 1.165) is 23.2 Å². The third-order valence-corrected chi connectivity index (χ3v) is 7.43. The van der Waals surface area contributed by atoms with Crippen molar-refractivity contribution in [2.75, 3.05) is 25.1 Å². The van der Waals surface area contributed by atoms with Crippen molar-refractivity contribution in [2.45, 2.75) is 38.2 Å². The first-order valence-electron chi connectivity index (χ1n) is 10.7. The molecule has 6 nitrogen and oxygen atoms in total. The van der Waals surface area contributed by atoms with Crippen molar-refractivity contribution in [3.63, 3.8) is 0 Å². The van der Waals surface area contributed by atoms with Crippen LogP contribution in [0.3, 0.4) is 0 Å². The van der Waals surface area contributed by atoms with E-state index < -0.39 is 0 Å². The zero-order chi connectivity index (χ0) is 22.6. The van der Waals surface area contributed by atoms with Gasteiger partial charge in [-0.3, -0.25) is 0 Å². The molecule has 0 radical (unpaired) electrons. The molecule has 5 rings (SSSR count). The highest BCUT2D eigenvalue weighted by Crippen LogP contribution is 2.53. The first-order chi connectivity index (χ1) is 15.4. The van der Waals surface area contributed by atoms with Gasteiger partial charge in [0.2, 0.25) is 0 Å². The Bertz CT molecular complexity index is 1200. The van der Waals surface area contributed by atoms with Crippen LogP contribution in [0.5, 0.6) is 5.75 Å². The molecule has 3 heterocycles. The number of hydrogen-bond donors (Lipinski definition) is 1. The maximum atomic E-state index is 9.96. The predicted molar refractivity (Wildman–Crippen MR) is 128 cm³/mol. The highest BCUT2D eigenvalue weighted by atomic mass is 35.5. The highest BCUT2D eigenvalue weighted by molar-refractivity contribution is 6.40. The molecule has 2 fully saturated rings. The lowest BCUT2D eigenvalue weighted by molar-refractivity contribution is 0.145. The Morgan fingerprint density at radius 2 is 1.81 bits per heavy atom. The van der Waals surface area contributed by atoms with E-state index in [0.29, 0.717) is 75.6 Å². The number of aromatic nitrogens is 3. The number of anilines is 1. The van der Waals surface area contributed by atoms with Crippen LogP contribution in [-0.4, -0.2) is 46.4 Å². The van der Waals surface area contributed by atoms with Crippen LogP contribution in [-0.2, 0) is 0 Å². The third-order valence-electron chi connectivity index (χ3n) is 6.44. The summed E-state index contributed by atoms with van der Waals surface area (Å²) in [4.78, 5) is 16.0. The molecule has 0 amide bonds. The van der Waals surface area contributed by atoms with E-state index in [1.807, 2.05) is 6.07 Å². The standard InChI is InChI=1S/C23H23Cl3N4O2/c1-11-7-13(11)14-8-17(32-2)21(26)19(20(14)25)22-28-16-10-27-18(24)9-15(16)23(29-22)30-5-3-12(31)4-6-30/h8-13,31H,3-7H2,1-2H3/t11-,13?/m0/s1. The first-order valence-corrected chi connectivity index (χ1v) is 11.8. The van der Waals surface area contributed by atoms with Crippen LogP contribution in [0, 0.1) is 5.92 Å². The maximum Gasteiger partial charge on any atom is 0.165 e. The van der Waals surface area contributed by atoms with Gasteiger partial charge in [-0.15, -0.1) is 0 Å². The minimum atomic E-state index is -0.297. The van der Waals surface area contributed by atoms with Gasteiger partial charge in [-0.1, -0.05) is 41.7 Å². The van der Waals surface area contributed by atoms with Crippen LogP contribution in [0.25, 0.3) is 22.3 Å². The lowest BCUT2D eigenvalue weighted by atomic mass is 10.0. The molecular weight excluding hydrogens is 471 g/mol. The topological polar surface area (TPSA) is 71.4 Å². The Morgan fingerprint density at radius 3 is 2.47 bits per heavy atom. The minimum Gasteiger partial charge on any atom is -0.495 e. The van der Waals surface area contributed by atoms with Gasteiger partial charge in [0.25, 0.3) is 0 Å². The summed E-state index contributed by atoms with van der Waals surface area (Å²) >= 11 is 19.8. The summed E-state index contributed by atoms with van der Waals surface area (Å²) in [5, 5.41) is 12.1. The molecule has 2 atom stereocenters. The van der Waals surface area contributed by atoms with Gasteiger partial charge >= 0.3 is 0 Å². The number of piperidine rings is 1. The Labute approximate surface area is 201 Å². The highest BCUT2D eigenvalue weighted by Gasteiger charge is 2.37. The number of aliphatic hydroxyl groups excluding tert-OH is 1. The molecule has 3 aromatic rings. The molecule has 0 bridgehead atoms. The number of rotatable bonds is 4. The van der Waals surface area contributed by atoms with Gasteiger partial charge in [-0.2, -0.15) is 0 Å². The largest absolute Gasteiger partial charge is 0.495 e. The smallest absolute Gasteiger partial charge is 0.165 e. The van der Waals surface area contributed by atoms with Gasteiger partial charge in [0.05, 0.1) is 40.5 Å². The van der Waals surface area contributed by atoms with Crippen molar-refractivity contribution in [3.05, 3.63) is 39.1 Å². The second kappa shape index (κ2) is 8.49. The van der Waals surface area contributed by atoms with Gasteiger partial charge < -0.3 is 14.7 Å². The summed E-state index contributed by atoms with van der Waals surface area (Å²) in [6, 6.07) is 3.70. The zero-order valence-corrected chi connectivity index (χ0v) is 20.0. The van der Waals surface area contributed by atoms with Crippen molar-refractivity contribution in [1.29, 1.82) is 0 Å². The van der Waals surface area contributed by atoms with Crippen molar-refractivity contribution in [2.24, 2.45) is 5.92 Å². The van der Waals surface area contributed by atoms with Gasteiger partial charge in [0.1, 0.15) is 16.7 Å². The van der Waals surface area contributed by atoms with Gasteiger partial charge in [-0.25, -0.2) is 15.0 Å². The molecule has 1 N–H and O–H groups in total. The van der Waals surface area contributed by atoms with Gasteiger partial charge in [-0.05, 0) is 48.8 Å². The van der Waals surface area contributed by atoms with Gasteiger partial charge in [0.15, 0.2) is 5.82 Å². The summed E-state index contributed by atoms with van der Waals surface area (Å²) in [5.41, 5.74) is 2.23. The maximum absolute atomic E-state index is 9.96. The number of benzene rings is 1. The number of methoxy groups -OCH3 is 1. The number of hydrogen-bond acceptors (Lipinski definition) is 6. The summed E-state index contributed by atoms with van der Waals surface area (Å²) < 4.78 is 5.56. The monoisotopic (exact) mass is 492 g/mol. The molecule has 2 aromatic heterocycles. The summed E-state index contributed by atoms with van der Waals surface area (Å²) in [6.07, 6.45) is 3.76.